The van der Waals surface area contributed by atoms with E-state index >= 15 is 0 Å². The molecule has 2 amide bonds. The third-order valence-corrected chi connectivity index (χ3v) is 5.86. The lowest BCUT2D eigenvalue weighted by Gasteiger charge is -2.35. The second-order valence-corrected chi connectivity index (χ2v) is 8.20. The van der Waals surface area contributed by atoms with Gasteiger partial charge in [-0.15, -0.1) is 0 Å². The third kappa shape index (κ3) is 4.41. The third-order valence-electron chi connectivity index (χ3n) is 5.86. The van der Waals surface area contributed by atoms with Crippen LogP contribution in [0, 0.1) is 17.2 Å². The minimum atomic E-state index is -0.342. The number of carbonyl (C=O) groups is 3. The smallest absolute Gasteiger partial charge is 0.225 e. The van der Waals surface area contributed by atoms with E-state index in [1.165, 1.54) is 0 Å². The SMILES string of the molecule is CC(C)C(=O)N1CCN(C(=O)CCC(=O)C(C#N)=C2N(C)c3ccccc3N2C)CC1. The van der Waals surface area contributed by atoms with Gasteiger partial charge in [-0.3, -0.25) is 14.4 Å². The summed E-state index contributed by atoms with van der Waals surface area (Å²) in [7, 11) is 3.65. The lowest BCUT2D eigenvalue weighted by Crippen LogP contribution is -2.51. The van der Waals surface area contributed by atoms with Crippen molar-refractivity contribution in [1.82, 2.24) is 9.80 Å². The number of anilines is 2. The van der Waals surface area contributed by atoms with Gasteiger partial charge in [-0.2, -0.15) is 5.26 Å². The number of nitriles is 1. The van der Waals surface area contributed by atoms with Crippen molar-refractivity contribution in [1.29, 1.82) is 5.26 Å². The summed E-state index contributed by atoms with van der Waals surface area (Å²) in [5.41, 5.74) is 1.90. The summed E-state index contributed by atoms with van der Waals surface area (Å²) in [6.07, 6.45) is 0.0319. The second-order valence-electron chi connectivity index (χ2n) is 8.20. The average molecular weight is 424 g/mol. The van der Waals surface area contributed by atoms with Gasteiger partial charge in [-0.1, -0.05) is 26.0 Å². The van der Waals surface area contributed by atoms with Crippen molar-refractivity contribution in [2.45, 2.75) is 26.7 Å². The number of ketones is 1. The molecule has 0 atom stereocenters. The van der Waals surface area contributed by atoms with E-state index in [1.807, 2.05) is 68.1 Å². The summed E-state index contributed by atoms with van der Waals surface area (Å²) < 4.78 is 0. The minimum Gasteiger partial charge on any atom is -0.339 e. The highest BCUT2D eigenvalue weighted by Gasteiger charge is 2.32. The molecule has 1 aromatic rings. The van der Waals surface area contributed by atoms with Crippen LogP contribution in [0.1, 0.15) is 26.7 Å². The van der Waals surface area contributed by atoms with E-state index in [0.717, 1.165) is 11.4 Å². The van der Waals surface area contributed by atoms with Gasteiger partial charge in [-0.25, -0.2) is 0 Å². The summed E-state index contributed by atoms with van der Waals surface area (Å²) >= 11 is 0. The van der Waals surface area contributed by atoms with E-state index in [9.17, 15) is 19.6 Å². The van der Waals surface area contributed by atoms with Crippen LogP contribution in [0.4, 0.5) is 11.4 Å². The van der Waals surface area contributed by atoms with Crippen LogP contribution in [0.15, 0.2) is 35.7 Å². The van der Waals surface area contributed by atoms with Gasteiger partial charge >= 0.3 is 0 Å². The van der Waals surface area contributed by atoms with Gasteiger partial charge in [0.2, 0.25) is 11.8 Å². The number of benzene rings is 1. The predicted molar refractivity (Wildman–Crippen MR) is 118 cm³/mol. The Morgan fingerprint density at radius 3 is 1.94 bits per heavy atom. The topological polar surface area (TPSA) is 88.0 Å². The molecule has 8 nitrogen and oxygen atoms in total. The molecule has 0 spiro atoms. The lowest BCUT2D eigenvalue weighted by atomic mass is 10.1. The first-order valence-corrected chi connectivity index (χ1v) is 10.6. The van der Waals surface area contributed by atoms with E-state index in [0.29, 0.717) is 32.0 Å². The van der Waals surface area contributed by atoms with Crippen molar-refractivity contribution in [3.05, 3.63) is 35.7 Å². The molecule has 1 aromatic carbocycles. The number of piperazine rings is 1. The van der Waals surface area contributed by atoms with Crippen LogP contribution in [-0.4, -0.2) is 67.7 Å². The van der Waals surface area contributed by atoms with Crippen LogP contribution >= 0.6 is 0 Å². The Hall–Kier alpha value is -3.34. The number of Topliss-reactive ketones (excluding diaryl/α,β-unsaturated/α-hetero) is 1. The van der Waals surface area contributed by atoms with Crippen molar-refractivity contribution in [3.8, 4) is 6.07 Å². The maximum Gasteiger partial charge on any atom is 0.225 e. The fourth-order valence-corrected chi connectivity index (χ4v) is 4.10. The van der Waals surface area contributed by atoms with Crippen molar-refractivity contribution < 1.29 is 14.4 Å². The minimum absolute atomic E-state index is 0.0195. The van der Waals surface area contributed by atoms with Crippen LogP contribution in [0.25, 0.3) is 0 Å². The Kier molecular flexibility index (Phi) is 6.64. The van der Waals surface area contributed by atoms with Gasteiger partial charge in [0.05, 0.1) is 11.4 Å². The van der Waals surface area contributed by atoms with Gasteiger partial charge in [0.1, 0.15) is 17.5 Å². The number of nitrogens with zero attached hydrogens (tertiary/aromatic N) is 5. The van der Waals surface area contributed by atoms with Crippen molar-refractivity contribution >= 4 is 29.0 Å². The van der Waals surface area contributed by atoms with E-state index < -0.39 is 0 Å². The summed E-state index contributed by atoms with van der Waals surface area (Å²) in [5.74, 6) is 0.102. The monoisotopic (exact) mass is 423 g/mol. The summed E-state index contributed by atoms with van der Waals surface area (Å²) in [6, 6.07) is 9.74. The Bertz CT molecular complexity index is 923. The Morgan fingerprint density at radius 2 is 1.45 bits per heavy atom. The maximum atomic E-state index is 12.8. The van der Waals surface area contributed by atoms with Gasteiger partial charge < -0.3 is 19.6 Å². The second kappa shape index (κ2) is 9.21. The van der Waals surface area contributed by atoms with Crippen molar-refractivity contribution in [2.24, 2.45) is 5.92 Å². The quantitative estimate of drug-likeness (QED) is 0.532. The van der Waals surface area contributed by atoms with Gasteiger partial charge in [0, 0.05) is 59.0 Å². The van der Waals surface area contributed by atoms with Gasteiger partial charge in [0.25, 0.3) is 0 Å². The lowest BCUT2D eigenvalue weighted by molar-refractivity contribution is -0.141. The van der Waals surface area contributed by atoms with E-state index in [-0.39, 0.29) is 41.9 Å². The molecule has 0 bridgehead atoms. The summed E-state index contributed by atoms with van der Waals surface area (Å²) in [4.78, 5) is 44.7. The number of carbonyl (C=O) groups excluding carboxylic acids is 3. The molecule has 0 aromatic heterocycles. The zero-order chi connectivity index (χ0) is 22.7. The standard InChI is InChI=1S/C23H29N5O3/c1-16(2)23(31)28-13-11-27(12-14-28)21(30)10-9-20(29)17(15-24)22-25(3)18-7-5-6-8-19(18)26(22)4/h5-8,16H,9-14H2,1-4H3. The molecule has 2 heterocycles. The number of fused-ring (bicyclic) bond motifs is 1. The highest BCUT2D eigenvalue weighted by Crippen LogP contribution is 2.40. The fraction of sp³-hybridized carbons (Fsp3) is 0.478. The van der Waals surface area contributed by atoms with Crippen LogP contribution in [0.3, 0.4) is 0 Å². The Labute approximate surface area is 183 Å². The number of hydrogen-bond donors (Lipinski definition) is 0. The first kappa shape index (κ1) is 22.3. The fourth-order valence-electron chi connectivity index (χ4n) is 4.10. The summed E-state index contributed by atoms with van der Waals surface area (Å²) in [6.45, 7) is 5.70. The number of hydrogen-bond acceptors (Lipinski definition) is 6. The molecule has 0 radical (unpaired) electrons. The zero-order valence-electron chi connectivity index (χ0n) is 18.6. The largest absolute Gasteiger partial charge is 0.339 e. The molecular weight excluding hydrogens is 394 g/mol. The molecule has 0 unspecified atom stereocenters. The van der Waals surface area contributed by atoms with Crippen LogP contribution < -0.4 is 9.80 Å². The predicted octanol–water partition coefficient (Wildman–Crippen LogP) is 1.98. The maximum absolute atomic E-state index is 12.8. The molecule has 1 saturated heterocycles. The van der Waals surface area contributed by atoms with E-state index in [4.69, 9.17) is 0 Å². The van der Waals surface area contributed by atoms with Crippen molar-refractivity contribution in [3.63, 3.8) is 0 Å². The molecule has 31 heavy (non-hydrogen) atoms. The van der Waals surface area contributed by atoms with Crippen LogP contribution in [0.5, 0.6) is 0 Å². The van der Waals surface area contributed by atoms with Gasteiger partial charge in [-0.05, 0) is 12.1 Å². The highest BCUT2D eigenvalue weighted by atomic mass is 16.2. The first-order chi connectivity index (χ1) is 14.8. The van der Waals surface area contributed by atoms with Crippen molar-refractivity contribution in [2.75, 3.05) is 50.1 Å². The molecule has 8 heteroatoms. The molecule has 2 aliphatic heterocycles. The molecule has 0 saturated carbocycles. The Morgan fingerprint density at radius 1 is 0.935 bits per heavy atom. The zero-order valence-corrected chi connectivity index (χ0v) is 18.6. The average Bonchev–Trinajstić information content (AvgIpc) is 3.03. The number of amides is 2. The summed E-state index contributed by atoms with van der Waals surface area (Å²) in [5, 5.41) is 9.70. The molecule has 3 rings (SSSR count). The van der Waals surface area contributed by atoms with Crippen LogP contribution in [0.2, 0.25) is 0 Å². The molecular formula is C23H29N5O3. The molecule has 0 aliphatic carbocycles. The van der Waals surface area contributed by atoms with E-state index in [1.54, 1.807) is 9.80 Å². The number of rotatable bonds is 5. The molecule has 1 fully saturated rings. The molecule has 164 valence electrons. The van der Waals surface area contributed by atoms with Gasteiger partial charge in [0.15, 0.2) is 5.78 Å². The molecule has 0 N–H and O–H groups in total. The van der Waals surface area contributed by atoms with E-state index in [2.05, 4.69) is 0 Å². The first-order valence-electron chi connectivity index (χ1n) is 10.6. The number of para-hydroxylation sites is 2. The highest BCUT2D eigenvalue weighted by molar-refractivity contribution is 6.03. The molecule has 2 aliphatic rings. The van der Waals surface area contributed by atoms with Crippen LogP contribution in [-0.2, 0) is 14.4 Å². The normalized spacial score (nSPS) is 15.8. The number of allylic oxidation sites excluding steroid dienone is 1. The Balaban J connectivity index is 1.62.